The van der Waals surface area contributed by atoms with Crippen LogP contribution in [0.25, 0.3) is 10.2 Å². The largest absolute Gasteiger partial charge is 0.462 e. The van der Waals surface area contributed by atoms with Crippen molar-refractivity contribution in [2.75, 3.05) is 42.5 Å². The zero-order chi connectivity index (χ0) is 22.0. The third kappa shape index (κ3) is 4.57. The number of esters is 1. The smallest absolute Gasteiger partial charge is 0.341 e. The molecule has 1 aliphatic heterocycles. The number of carbonyl (C=O) groups excluding carboxylic acids is 1. The molecule has 31 heavy (non-hydrogen) atoms. The highest BCUT2D eigenvalue weighted by Gasteiger charge is 2.24. The highest BCUT2D eigenvalue weighted by Crippen LogP contribution is 2.35. The summed E-state index contributed by atoms with van der Waals surface area (Å²) < 4.78 is 39.2. The second kappa shape index (κ2) is 8.69. The number of aromatic nitrogens is 4. The van der Waals surface area contributed by atoms with Crippen LogP contribution in [0.15, 0.2) is 22.7 Å². The van der Waals surface area contributed by atoms with Gasteiger partial charge in [-0.05, 0) is 19.9 Å². The first-order valence-corrected chi connectivity index (χ1v) is 11.8. The first-order chi connectivity index (χ1) is 14.9. The lowest BCUT2D eigenvalue weighted by Gasteiger charge is -2.28. The molecular weight excluding hydrogens is 444 g/mol. The summed E-state index contributed by atoms with van der Waals surface area (Å²) in [7, 11) is -3.96. The Labute approximate surface area is 182 Å². The first kappa shape index (κ1) is 21.3. The molecular formula is C18H20N6O5S2. The van der Waals surface area contributed by atoms with E-state index in [1.165, 1.54) is 18.5 Å². The molecule has 0 saturated carbocycles. The summed E-state index contributed by atoms with van der Waals surface area (Å²) in [5, 5.41) is 0. The van der Waals surface area contributed by atoms with E-state index < -0.39 is 16.0 Å². The van der Waals surface area contributed by atoms with E-state index >= 15 is 0 Å². The molecule has 3 aromatic rings. The number of thiophene rings is 1. The average Bonchev–Trinajstić information content (AvgIpc) is 3.19. The summed E-state index contributed by atoms with van der Waals surface area (Å²) in [6.07, 6.45) is 2.41. The van der Waals surface area contributed by atoms with E-state index in [1.807, 2.05) is 0 Å². The SMILES string of the molecule is CCOC(=O)c1cnc(NS(=O)(=O)c2cc3nc(C)nc(N4CCOCC4)c3s2)nc1. The van der Waals surface area contributed by atoms with Crippen LogP contribution < -0.4 is 9.62 Å². The van der Waals surface area contributed by atoms with E-state index in [-0.39, 0.29) is 22.3 Å². The van der Waals surface area contributed by atoms with Gasteiger partial charge in [0.15, 0.2) is 5.82 Å². The Balaban J connectivity index is 1.62. The number of nitrogens with one attached hydrogen (secondary N) is 1. The molecule has 0 aliphatic carbocycles. The van der Waals surface area contributed by atoms with Crippen molar-refractivity contribution in [1.82, 2.24) is 19.9 Å². The number of fused-ring (bicyclic) bond motifs is 1. The number of nitrogens with zero attached hydrogens (tertiary/aromatic N) is 5. The van der Waals surface area contributed by atoms with Crippen molar-refractivity contribution in [1.29, 1.82) is 0 Å². The van der Waals surface area contributed by atoms with E-state index in [4.69, 9.17) is 9.47 Å². The van der Waals surface area contributed by atoms with Crippen LogP contribution in [0.5, 0.6) is 0 Å². The number of rotatable bonds is 6. The van der Waals surface area contributed by atoms with Crippen LogP contribution in [0.1, 0.15) is 23.1 Å². The minimum absolute atomic E-state index is 0.0648. The van der Waals surface area contributed by atoms with Crippen molar-refractivity contribution < 1.29 is 22.7 Å². The molecule has 0 atom stereocenters. The van der Waals surface area contributed by atoms with Gasteiger partial charge in [-0.2, -0.15) is 0 Å². The second-order valence-electron chi connectivity index (χ2n) is 6.59. The Morgan fingerprint density at radius 3 is 2.65 bits per heavy atom. The van der Waals surface area contributed by atoms with Gasteiger partial charge in [-0.3, -0.25) is 0 Å². The number of anilines is 2. The predicted molar refractivity (Wildman–Crippen MR) is 114 cm³/mol. The molecule has 1 saturated heterocycles. The number of sulfonamides is 1. The average molecular weight is 465 g/mol. The van der Waals surface area contributed by atoms with E-state index in [0.717, 1.165) is 11.3 Å². The lowest BCUT2D eigenvalue weighted by Crippen LogP contribution is -2.36. The van der Waals surface area contributed by atoms with Crippen LogP contribution in [0.3, 0.4) is 0 Å². The number of carbonyl (C=O) groups is 1. The summed E-state index contributed by atoms with van der Waals surface area (Å²) >= 11 is 1.08. The van der Waals surface area contributed by atoms with Crippen LogP contribution >= 0.6 is 11.3 Å². The van der Waals surface area contributed by atoms with Gasteiger partial charge in [0.1, 0.15) is 10.0 Å². The highest BCUT2D eigenvalue weighted by molar-refractivity contribution is 7.94. The van der Waals surface area contributed by atoms with E-state index in [1.54, 1.807) is 13.8 Å². The minimum Gasteiger partial charge on any atom is -0.462 e. The van der Waals surface area contributed by atoms with E-state index in [0.29, 0.717) is 48.2 Å². The molecule has 11 nitrogen and oxygen atoms in total. The molecule has 0 unspecified atom stereocenters. The normalized spacial score (nSPS) is 14.6. The second-order valence-corrected chi connectivity index (χ2v) is 9.56. The minimum atomic E-state index is -3.96. The molecule has 0 bridgehead atoms. The van der Waals surface area contributed by atoms with Crippen molar-refractivity contribution >= 4 is 49.3 Å². The fraction of sp³-hybridized carbons (Fsp3) is 0.389. The lowest BCUT2D eigenvalue weighted by atomic mass is 10.3. The van der Waals surface area contributed by atoms with Crippen LogP contribution in [0.4, 0.5) is 11.8 Å². The molecule has 4 rings (SSSR count). The maximum atomic E-state index is 12.9. The summed E-state index contributed by atoms with van der Waals surface area (Å²) in [5.74, 6) is 0.529. The van der Waals surface area contributed by atoms with Gasteiger partial charge < -0.3 is 14.4 Å². The number of hydrogen-bond donors (Lipinski definition) is 1. The van der Waals surface area contributed by atoms with Crippen molar-refractivity contribution in [3.63, 3.8) is 0 Å². The number of ether oxygens (including phenoxy) is 2. The molecule has 1 fully saturated rings. The van der Waals surface area contributed by atoms with Gasteiger partial charge >= 0.3 is 5.97 Å². The molecule has 164 valence electrons. The van der Waals surface area contributed by atoms with Gasteiger partial charge in [-0.15, -0.1) is 11.3 Å². The fourth-order valence-electron chi connectivity index (χ4n) is 3.00. The van der Waals surface area contributed by atoms with Crippen molar-refractivity contribution in [2.24, 2.45) is 0 Å². The Bertz CT molecular complexity index is 1210. The van der Waals surface area contributed by atoms with Crippen molar-refractivity contribution in [3.05, 3.63) is 29.8 Å². The third-order valence-electron chi connectivity index (χ3n) is 4.41. The van der Waals surface area contributed by atoms with Gasteiger partial charge in [0.05, 0.1) is 35.6 Å². The fourth-order valence-corrected chi connectivity index (χ4v) is 5.37. The van der Waals surface area contributed by atoms with Crippen LogP contribution in [-0.4, -0.2) is 67.2 Å². The summed E-state index contributed by atoms with van der Waals surface area (Å²) in [5.41, 5.74) is 0.686. The van der Waals surface area contributed by atoms with Crippen LogP contribution in [0, 0.1) is 6.92 Å². The molecule has 13 heteroatoms. The molecule has 0 amide bonds. The van der Waals surface area contributed by atoms with Gasteiger partial charge in [0.2, 0.25) is 5.95 Å². The molecule has 0 radical (unpaired) electrons. The molecule has 4 heterocycles. The third-order valence-corrected chi connectivity index (χ3v) is 7.33. The van der Waals surface area contributed by atoms with Crippen LogP contribution in [-0.2, 0) is 19.5 Å². The highest BCUT2D eigenvalue weighted by atomic mass is 32.2. The number of aryl methyl sites for hydroxylation is 1. The van der Waals surface area contributed by atoms with Gasteiger partial charge in [0, 0.05) is 25.5 Å². The monoisotopic (exact) mass is 464 g/mol. The maximum absolute atomic E-state index is 12.9. The standard InChI is InChI=1S/C18H20N6O5S2/c1-3-29-17(25)12-9-19-18(20-10-12)23-31(26,27)14-8-13-15(30-14)16(22-11(2)21-13)24-4-6-28-7-5-24/h8-10H,3-7H2,1-2H3,(H,19,20,23). The molecule has 3 aromatic heterocycles. The Morgan fingerprint density at radius 2 is 1.97 bits per heavy atom. The maximum Gasteiger partial charge on any atom is 0.341 e. The summed E-state index contributed by atoms with van der Waals surface area (Å²) in [4.78, 5) is 30.5. The predicted octanol–water partition coefficient (Wildman–Crippen LogP) is 1.60. The molecule has 1 aliphatic rings. The van der Waals surface area contributed by atoms with Crippen LogP contribution in [0.2, 0.25) is 0 Å². The Kier molecular flexibility index (Phi) is 5.98. The van der Waals surface area contributed by atoms with Crippen molar-refractivity contribution in [3.8, 4) is 0 Å². The topological polar surface area (TPSA) is 136 Å². The quantitative estimate of drug-likeness (QED) is 0.536. The number of morpholine rings is 1. The Morgan fingerprint density at radius 1 is 1.26 bits per heavy atom. The molecule has 0 spiro atoms. The van der Waals surface area contributed by atoms with Gasteiger partial charge in [-0.25, -0.2) is 37.9 Å². The zero-order valence-electron chi connectivity index (χ0n) is 16.9. The van der Waals surface area contributed by atoms with Gasteiger partial charge in [-0.1, -0.05) is 0 Å². The Hall–Kier alpha value is -2.90. The first-order valence-electron chi connectivity index (χ1n) is 9.50. The summed E-state index contributed by atoms with van der Waals surface area (Å²) in [6, 6.07) is 1.51. The van der Waals surface area contributed by atoms with Gasteiger partial charge in [0.25, 0.3) is 10.0 Å². The van der Waals surface area contributed by atoms with E-state index in [2.05, 4.69) is 29.6 Å². The lowest BCUT2D eigenvalue weighted by molar-refractivity contribution is 0.0525. The van der Waals surface area contributed by atoms with E-state index in [9.17, 15) is 13.2 Å². The summed E-state index contributed by atoms with van der Waals surface area (Å²) in [6.45, 7) is 6.18. The zero-order valence-corrected chi connectivity index (χ0v) is 18.5. The molecule has 0 aromatic carbocycles. The van der Waals surface area contributed by atoms with Crippen molar-refractivity contribution in [2.45, 2.75) is 18.1 Å². The number of hydrogen-bond acceptors (Lipinski definition) is 11. The molecule has 1 N–H and O–H groups in total.